The van der Waals surface area contributed by atoms with E-state index in [9.17, 15) is 21.6 Å². The summed E-state index contributed by atoms with van der Waals surface area (Å²) in [6.45, 7) is 1.19. The zero-order valence-corrected chi connectivity index (χ0v) is 18.9. The van der Waals surface area contributed by atoms with E-state index in [4.69, 9.17) is 4.74 Å². The maximum absolute atomic E-state index is 12.8. The summed E-state index contributed by atoms with van der Waals surface area (Å²) < 4.78 is 56.3. The van der Waals surface area contributed by atoms with Gasteiger partial charge in [0, 0.05) is 24.9 Å². The summed E-state index contributed by atoms with van der Waals surface area (Å²) in [7, 11) is -7.08. The average Bonchev–Trinajstić information content (AvgIpc) is 3.15. The van der Waals surface area contributed by atoms with Gasteiger partial charge in [-0.05, 0) is 36.4 Å². The Hall–Kier alpha value is -2.38. The molecule has 1 fully saturated rings. The lowest BCUT2D eigenvalue weighted by atomic mass is 10.2. The molecular weight excluding hydrogens is 462 g/mol. The van der Waals surface area contributed by atoms with Gasteiger partial charge in [-0.15, -0.1) is 0 Å². The predicted molar refractivity (Wildman–Crippen MR) is 117 cm³/mol. The topological polar surface area (TPSA) is 123 Å². The number of nitrogens with zero attached hydrogens (tertiary/aromatic N) is 2. The number of benzene rings is 2. The normalized spacial score (nSPS) is 15.8. The molecule has 4 rings (SSSR count). The molecule has 1 aliphatic rings. The molecule has 12 heteroatoms. The Morgan fingerprint density at radius 1 is 1.06 bits per heavy atom. The quantitative estimate of drug-likeness (QED) is 0.591. The first-order valence-electron chi connectivity index (χ1n) is 9.24. The van der Waals surface area contributed by atoms with Crippen molar-refractivity contribution >= 4 is 52.5 Å². The van der Waals surface area contributed by atoms with Crippen molar-refractivity contribution in [2.45, 2.75) is 9.79 Å². The largest absolute Gasteiger partial charge is 0.379 e. The molecular formula is C19H19N3O6S3. The van der Waals surface area contributed by atoms with Crippen molar-refractivity contribution in [2.75, 3.05) is 37.9 Å². The summed E-state index contributed by atoms with van der Waals surface area (Å²) in [4.78, 5) is 17.2. The van der Waals surface area contributed by atoms with Gasteiger partial charge in [0.15, 0.2) is 15.0 Å². The van der Waals surface area contributed by atoms with Crippen molar-refractivity contribution < 1.29 is 26.4 Å². The second kappa shape index (κ2) is 8.28. The molecule has 0 spiro atoms. The smallest absolute Gasteiger partial charge is 0.257 e. The van der Waals surface area contributed by atoms with Gasteiger partial charge in [0.05, 0.1) is 33.2 Å². The summed E-state index contributed by atoms with van der Waals surface area (Å²) >= 11 is 1.14. The van der Waals surface area contributed by atoms with Crippen LogP contribution in [-0.4, -0.2) is 64.6 Å². The monoisotopic (exact) mass is 481 g/mol. The van der Waals surface area contributed by atoms with Crippen LogP contribution < -0.4 is 5.32 Å². The van der Waals surface area contributed by atoms with Gasteiger partial charge in [-0.2, -0.15) is 4.31 Å². The molecule has 0 atom stereocenters. The standard InChI is InChI=1S/C19H19N3O6S3/c1-30(24,25)14-5-6-16-17(12-14)29-19(20-16)21-18(23)13-3-2-4-15(11-13)31(26,27)22-7-9-28-10-8-22/h2-6,11-12H,7-10H2,1H3,(H,20,21,23). The zero-order valence-electron chi connectivity index (χ0n) is 16.4. The zero-order chi connectivity index (χ0) is 22.2. The summed E-state index contributed by atoms with van der Waals surface area (Å²) in [5.74, 6) is -0.513. The number of carbonyl (C=O) groups excluding carboxylic acids is 1. The van der Waals surface area contributed by atoms with Gasteiger partial charge >= 0.3 is 0 Å². The Bertz CT molecular complexity index is 1360. The van der Waals surface area contributed by atoms with E-state index in [-0.39, 0.29) is 33.6 Å². The van der Waals surface area contributed by atoms with Gasteiger partial charge < -0.3 is 4.74 Å². The maximum Gasteiger partial charge on any atom is 0.257 e. The first-order valence-corrected chi connectivity index (χ1v) is 13.4. The number of hydrogen-bond acceptors (Lipinski definition) is 8. The third-order valence-electron chi connectivity index (χ3n) is 4.71. The van der Waals surface area contributed by atoms with Crippen LogP contribution >= 0.6 is 11.3 Å². The number of carbonyl (C=O) groups is 1. The lowest BCUT2D eigenvalue weighted by Gasteiger charge is -2.26. The first-order chi connectivity index (χ1) is 14.6. The number of thiazole rings is 1. The van der Waals surface area contributed by atoms with E-state index in [0.29, 0.717) is 23.4 Å². The molecule has 164 valence electrons. The van der Waals surface area contributed by atoms with Crippen molar-refractivity contribution in [3.8, 4) is 0 Å². The van der Waals surface area contributed by atoms with Gasteiger partial charge in [0.2, 0.25) is 10.0 Å². The highest BCUT2D eigenvalue weighted by Crippen LogP contribution is 2.28. The number of anilines is 1. The van der Waals surface area contributed by atoms with E-state index in [0.717, 1.165) is 17.6 Å². The van der Waals surface area contributed by atoms with Crippen LogP contribution in [0.3, 0.4) is 0 Å². The SMILES string of the molecule is CS(=O)(=O)c1ccc2nc(NC(=O)c3cccc(S(=O)(=O)N4CCOCC4)c3)sc2c1. The third kappa shape index (κ3) is 4.62. The maximum atomic E-state index is 12.8. The molecule has 1 aromatic heterocycles. The molecule has 2 aromatic carbocycles. The molecule has 1 N–H and O–H groups in total. The minimum Gasteiger partial charge on any atom is -0.379 e. The Balaban J connectivity index is 1.57. The Morgan fingerprint density at radius 3 is 2.52 bits per heavy atom. The molecule has 0 saturated carbocycles. The van der Waals surface area contributed by atoms with E-state index in [2.05, 4.69) is 10.3 Å². The number of morpholine rings is 1. The summed E-state index contributed by atoms with van der Waals surface area (Å²) in [6, 6.07) is 10.4. The lowest BCUT2D eigenvalue weighted by molar-refractivity contribution is 0.0730. The molecule has 9 nitrogen and oxygen atoms in total. The minimum absolute atomic E-state index is 0.0316. The molecule has 0 bridgehead atoms. The molecule has 31 heavy (non-hydrogen) atoms. The van der Waals surface area contributed by atoms with Crippen LogP contribution in [0.5, 0.6) is 0 Å². The fourth-order valence-corrected chi connectivity index (χ4v) is 6.17. The second-order valence-corrected chi connectivity index (χ2v) is 11.9. The fourth-order valence-electron chi connectivity index (χ4n) is 3.09. The minimum atomic E-state index is -3.73. The number of fused-ring (bicyclic) bond motifs is 1. The molecule has 0 radical (unpaired) electrons. The number of amides is 1. The highest BCUT2D eigenvalue weighted by molar-refractivity contribution is 7.90. The van der Waals surface area contributed by atoms with Crippen LogP contribution in [0.25, 0.3) is 10.2 Å². The molecule has 1 saturated heterocycles. The van der Waals surface area contributed by atoms with Crippen LogP contribution in [0.1, 0.15) is 10.4 Å². The van der Waals surface area contributed by atoms with E-state index in [1.807, 2.05) is 0 Å². The second-order valence-electron chi connectivity index (χ2n) is 6.92. The van der Waals surface area contributed by atoms with Crippen LogP contribution in [0, 0.1) is 0 Å². The number of sulfone groups is 1. The van der Waals surface area contributed by atoms with Crippen molar-refractivity contribution in [1.82, 2.24) is 9.29 Å². The number of ether oxygens (including phenoxy) is 1. The van der Waals surface area contributed by atoms with E-state index < -0.39 is 25.8 Å². The van der Waals surface area contributed by atoms with Crippen molar-refractivity contribution in [3.05, 3.63) is 48.0 Å². The number of sulfonamides is 1. The third-order valence-corrected chi connectivity index (χ3v) is 8.65. The lowest BCUT2D eigenvalue weighted by Crippen LogP contribution is -2.40. The summed E-state index contributed by atoms with van der Waals surface area (Å²) in [6.07, 6.45) is 1.12. The fraction of sp³-hybridized carbons (Fsp3) is 0.263. The average molecular weight is 482 g/mol. The summed E-state index contributed by atoms with van der Waals surface area (Å²) in [5.41, 5.74) is 0.724. The van der Waals surface area contributed by atoms with Crippen LogP contribution in [-0.2, 0) is 24.6 Å². The Kier molecular flexibility index (Phi) is 5.83. The Morgan fingerprint density at radius 2 is 1.81 bits per heavy atom. The van der Waals surface area contributed by atoms with Crippen LogP contribution in [0.15, 0.2) is 52.3 Å². The van der Waals surface area contributed by atoms with E-state index in [1.54, 1.807) is 6.07 Å². The van der Waals surface area contributed by atoms with Crippen molar-refractivity contribution in [2.24, 2.45) is 0 Å². The first kappa shape index (κ1) is 21.8. The number of rotatable bonds is 5. The van der Waals surface area contributed by atoms with Gasteiger partial charge in [-0.25, -0.2) is 21.8 Å². The number of nitrogens with one attached hydrogen (secondary N) is 1. The molecule has 0 unspecified atom stereocenters. The molecule has 2 heterocycles. The highest BCUT2D eigenvalue weighted by Gasteiger charge is 2.27. The number of aromatic nitrogens is 1. The molecule has 0 aliphatic carbocycles. The number of hydrogen-bond donors (Lipinski definition) is 1. The summed E-state index contributed by atoms with van der Waals surface area (Å²) in [5, 5.41) is 2.94. The van der Waals surface area contributed by atoms with E-state index in [1.165, 1.54) is 40.7 Å². The molecule has 1 aliphatic heterocycles. The van der Waals surface area contributed by atoms with Gasteiger partial charge in [-0.3, -0.25) is 10.1 Å². The van der Waals surface area contributed by atoms with Gasteiger partial charge in [0.1, 0.15) is 0 Å². The highest BCUT2D eigenvalue weighted by atomic mass is 32.2. The molecule has 1 amide bonds. The predicted octanol–water partition coefficient (Wildman–Crippen LogP) is 1.97. The van der Waals surface area contributed by atoms with E-state index >= 15 is 0 Å². The van der Waals surface area contributed by atoms with Crippen molar-refractivity contribution in [1.29, 1.82) is 0 Å². The van der Waals surface area contributed by atoms with Crippen LogP contribution in [0.4, 0.5) is 5.13 Å². The van der Waals surface area contributed by atoms with Gasteiger partial charge in [0.25, 0.3) is 5.91 Å². The Labute approximate surface area is 183 Å². The van der Waals surface area contributed by atoms with Crippen molar-refractivity contribution in [3.63, 3.8) is 0 Å². The van der Waals surface area contributed by atoms with Crippen LogP contribution in [0.2, 0.25) is 0 Å². The molecule has 3 aromatic rings. The van der Waals surface area contributed by atoms with Gasteiger partial charge in [-0.1, -0.05) is 17.4 Å².